The van der Waals surface area contributed by atoms with Gasteiger partial charge in [-0.25, -0.2) is 4.79 Å². The second-order valence-electron chi connectivity index (χ2n) is 12.2. The number of nitrogens with one attached hydrogen (secondary N) is 1. The third-order valence-electron chi connectivity index (χ3n) is 7.88. The third-order valence-corrected chi connectivity index (χ3v) is 7.88. The molecule has 0 heterocycles. The van der Waals surface area contributed by atoms with Crippen LogP contribution in [0.1, 0.15) is 103 Å². The number of carboxylic acid groups (broad SMARTS) is 2. The van der Waals surface area contributed by atoms with E-state index in [9.17, 15) is 34.5 Å². The van der Waals surface area contributed by atoms with Crippen molar-refractivity contribution in [2.45, 2.75) is 115 Å². The predicted molar refractivity (Wildman–Crippen MR) is 178 cm³/mol. The highest BCUT2D eigenvalue weighted by molar-refractivity contribution is 5.87. The lowest BCUT2D eigenvalue weighted by Crippen LogP contribution is -2.50. The number of ether oxygens (including phenoxy) is 1. The summed E-state index contributed by atoms with van der Waals surface area (Å²) in [6, 6.07) is 14.7. The molecule has 252 valence electrons. The van der Waals surface area contributed by atoms with Gasteiger partial charge in [0.05, 0.1) is 17.9 Å². The summed E-state index contributed by atoms with van der Waals surface area (Å²) in [6.07, 6.45) is 13.5. The Hall–Kier alpha value is -3.98. The normalized spacial score (nSPS) is 13.9. The highest BCUT2D eigenvalue weighted by atomic mass is 16.5. The smallest absolute Gasteiger partial charge is 0.326 e. The Balaban J connectivity index is 1.90. The highest BCUT2D eigenvalue weighted by Crippen LogP contribution is 2.25. The van der Waals surface area contributed by atoms with Crippen molar-refractivity contribution in [3.8, 4) is 11.5 Å². The summed E-state index contributed by atoms with van der Waals surface area (Å²) in [6.45, 7) is 3.43. The van der Waals surface area contributed by atoms with Gasteiger partial charge in [0.1, 0.15) is 23.3 Å². The maximum Gasteiger partial charge on any atom is 0.326 e. The standard InChI is InChI=1S/C37H51NO8/c1-3-4-5-8-12-17-29(39)18-13-9-6-7-10-16-21-32(37(2,45)27-34(40)41)35(42)38-33(36(43)44)26-28-22-24-31(25-23-28)46-30-19-14-11-15-20-30/h11,14-16,19-25,32-33,45H,3-10,12-13,17-18,26-27H2,1-2H3,(H,38,42)(H,40,41)(H,43,44)/b21-16+/t32-,33+,37+/m1/s1. The molecular formula is C37H51NO8. The number of allylic oxidation sites excluding steroid dienone is 1. The number of benzene rings is 2. The molecule has 2 aromatic carbocycles. The minimum absolute atomic E-state index is 0.0223. The predicted octanol–water partition coefficient (Wildman–Crippen LogP) is 7.26. The van der Waals surface area contributed by atoms with Crippen molar-refractivity contribution in [1.29, 1.82) is 0 Å². The Kier molecular flexibility index (Phi) is 17.4. The summed E-state index contributed by atoms with van der Waals surface area (Å²) in [5.41, 5.74) is -1.30. The number of para-hydroxylation sites is 1. The molecule has 2 rings (SSSR count). The van der Waals surface area contributed by atoms with E-state index in [-0.39, 0.29) is 6.42 Å². The van der Waals surface area contributed by atoms with Crippen LogP contribution in [-0.4, -0.2) is 50.6 Å². The van der Waals surface area contributed by atoms with Crippen molar-refractivity contribution >= 4 is 23.6 Å². The quantitative estimate of drug-likeness (QED) is 0.0694. The number of hydrogen-bond donors (Lipinski definition) is 4. The van der Waals surface area contributed by atoms with Gasteiger partial charge in [-0.1, -0.05) is 87.9 Å². The molecule has 0 spiro atoms. The molecule has 1 amide bonds. The van der Waals surface area contributed by atoms with Crippen molar-refractivity contribution in [3.63, 3.8) is 0 Å². The van der Waals surface area contributed by atoms with E-state index in [1.807, 2.05) is 30.3 Å². The lowest BCUT2D eigenvalue weighted by atomic mass is 9.84. The fourth-order valence-corrected chi connectivity index (χ4v) is 5.23. The molecule has 9 heteroatoms. The van der Waals surface area contributed by atoms with Crippen LogP contribution in [0.25, 0.3) is 0 Å². The SMILES string of the molecule is CCCCCCCC(=O)CCCCCC/C=C/[C@H](C(=O)N[C@@H](Cc1ccc(Oc2ccccc2)cc1)C(=O)O)[C@@](C)(O)CC(=O)O. The first-order chi connectivity index (χ1) is 22.0. The molecule has 0 aliphatic carbocycles. The van der Waals surface area contributed by atoms with Crippen LogP contribution in [0.3, 0.4) is 0 Å². The lowest BCUT2D eigenvalue weighted by Gasteiger charge is -2.29. The van der Waals surface area contributed by atoms with Crippen molar-refractivity contribution in [2.24, 2.45) is 5.92 Å². The van der Waals surface area contributed by atoms with Crippen molar-refractivity contribution in [3.05, 3.63) is 72.3 Å². The van der Waals surface area contributed by atoms with Crippen LogP contribution in [0, 0.1) is 5.92 Å². The number of Topliss-reactive ketones (excluding diaryl/α,β-unsaturated/α-hetero) is 1. The van der Waals surface area contributed by atoms with E-state index in [0.29, 0.717) is 42.1 Å². The van der Waals surface area contributed by atoms with Gasteiger partial charge in [0.25, 0.3) is 0 Å². The van der Waals surface area contributed by atoms with E-state index in [1.165, 1.54) is 32.3 Å². The average Bonchev–Trinajstić information content (AvgIpc) is 3.00. The Morgan fingerprint density at radius 2 is 1.41 bits per heavy atom. The first-order valence-corrected chi connectivity index (χ1v) is 16.5. The molecule has 0 saturated heterocycles. The largest absolute Gasteiger partial charge is 0.481 e. The second-order valence-corrected chi connectivity index (χ2v) is 12.2. The van der Waals surface area contributed by atoms with E-state index in [4.69, 9.17) is 4.74 Å². The zero-order chi connectivity index (χ0) is 33.8. The van der Waals surface area contributed by atoms with Gasteiger partial charge in [0.2, 0.25) is 5.91 Å². The van der Waals surface area contributed by atoms with Crippen LogP contribution < -0.4 is 10.1 Å². The summed E-state index contributed by atoms with van der Waals surface area (Å²) in [4.78, 5) is 48.9. The second kappa shape index (κ2) is 20.9. The molecule has 0 bridgehead atoms. The summed E-state index contributed by atoms with van der Waals surface area (Å²) in [5.74, 6) is -3.03. The van der Waals surface area contributed by atoms with Gasteiger partial charge in [-0.05, 0) is 62.4 Å². The number of aliphatic carboxylic acids is 2. The number of hydrogen-bond acceptors (Lipinski definition) is 6. The van der Waals surface area contributed by atoms with E-state index in [1.54, 1.807) is 30.3 Å². The van der Waals surface area contributed by atoms with Crippen LogP contribution in [-0.2, 0) is 25.6 Å². The molecule has 0 unspecified atom stereocenters. The number of aliphatic hydroxyl groups is 1. The van der Waals surface area contributed by atoms with Crippen LogP contribution >= 0.6 is 0 Å². The lowest BCUT2D eigenvalue weighted by molar-refractivity contribution is -0.148. The Morgan fingerprint density at radius 3 is 2.00 bits per heavy atom. The molecule has 4 N–H and O–H groups in total. The Bertz CT molecular complexity index is 1240. The maximum absolute atomic E-state index is 13.3. The number of carbonyl (C=O) groups is 4. The van der Waals surface area contributed by atoms with E-state index in [0.717, 1.165) is 38.5 Å². The van der Waals surface area contributed by atoms with Gasteiger partial charge in [-0.2, -0.15) is 0 Å². The summed E-state index contributed by atoms with van der Waals surface area (Å²) in [5, 5.41) is 32.6. The van der Waals surface area contributed by atoms with Gasteiger partial charge in [-0.3, -0.25) is 14.4 Å². The number of carbonyl (C=O) groups excluding carboxylic acids is 2. The first kappa shape index (κ1) is 38.2. The minimum atomic E-state index is -1.94. The zero-order valence-electron chi connectivity index (χ0n) is 27.3. The molecule has 3 atom stereocenters. The fraction of sp³-hybridized carbons (Fsp3) is 0.514. The number of rotatable bonds is 24. The van der Waals surface area contributed by atoms with Crippen LogP contribution in [0.4, 0.5) is 0 Å². The number of ketones is 1. The molecule has 2 aromatic rings. The fourth-order valence-electron chi connectivity index (χ4n) is 5.23. The summed E-state index contributed by atoms with van der Waals surface area (Å²) in [7, 11) is 0. The molecule has 9 nitrogen and oxygen atoms in total. The van der Waals surface area contributed by atoms with Crippen molar-refractivity contribution in [1.82, 2.24) is 5.32 Å². The van der Waals surface area contributed by atoms with Crippen LogP contribution in [0.5, 0.6) is 11.5 Å². The van der Waals surface area contributed by atoms with Gasteiger partial charge in [-0.15, -0.1) is 0 Å². The number of unbranched alkanes of at least 4 members (excludes halogenated alkanes) is 8. The van der Waals surface area contributed by atoms with Gasteiger partial charge in [0.15, 0.2) is 0 Å². The topological polar surface area (TPSA) is 150 Å². The average molecular weight is 638 g/mol. The number of carboxylic acids is 2. The monoisotopic (exact) mass is 637 g/mol. The molecule has 0 aliphatic heterocycles. The minimum Gasteiger partial charge on any atom is -0.481 e. The van der Waals surface area contributed by atoms with E-state index >= 15 is 0 Å². The highest BCUT2D eigenvalue weighted by Gasteiger charge is 2.39. The van der Waals surface area contributed by atoms with E-state index in [2.05, 4.69) is 12.2 Å². The molecule has 0 saturated carbocycles. The summed E-state index contributed by atoms with van der Waals surface area (Å²) >= 11 is 0. The maximum atomic E-state index is 13.3. The van der Waals surface area contributed by atoms with E-state index < -0.39 is 41.8 Å². The molecule has 0 aliphatic rings. The molecule has 46 heavy (non-hydrogen) atoms. The Morgan fingerprint density at radius 1 is 0.826 bits per heavy atom. The van der Waals surface area contributed by atoms with Gasteiger partial charge in [0, 0.05) is 19.3 Å². The van der Waals surface area contributed by atoms with Gasteiger partial charge >= 0.3 is 11.9 Å². The molecule has 0 aromatic heterocycles. The third kappa shape index (κ3) is 15.3. The number of amides is 1. The zero-order valence-corrected chi connectivity index (χ0v) is 27.3. The Labute approximate surface area is 273 Å². The van der Waals surface area contributed by atoms with Crippen molar-refractivity contribution < 1.29 is 39.2 Å². The molecule has 0 fully saturated rings. The summed E-state index contributed by atoms with van der Waals surface area (Å²) < 4.78 is 5.77. The first-order valence-electron chi connectivity index (χ1n) is 16.5. The molecular weight excluding hydrogens is 586 g/mol. The van der Waals surface area contributed by atoms with Crippen molar-refractivity contribution in [2.75, 3.05) is 0 Å². The van der Waals surface area contributed by atoms with Crippen LogP contribution in [0.15, 0.2) is 66.7 Å². The van der Waals surface area contributed by atoms with Crippen LogP contribution in [0.2, 0.25) is 0 Å². The molecule has 0 radical (unpaired) electrons. The van der Waals surface area contributed by atoms with Gasteiger partial charge < -0.3 is 25.4 Å².